The van der Waals surface area contributed by atoms with Gasteiger partial charge in [0.25, 0.3) is 0 Å². The van der Waals surface area contributed by atoms with Crippen LogP contribution < -0.4 is 5.32 Å². The second-order valence-corrected chi connectivity index (χ2v) is 17.0. The van der Waals surface area contributed by atoms with Crippen LogP contribution in [0.4, 0.5) is 5.69 Å². The number of hydrogen-bond acceptors (Lipinski definition) is 4. The van der Waals surface area contributed by atoms with E-state index in [9.17, 15) is 0 Å². The van der Waals surface area contributed by atoms with Gasteiger partial charge in [-0.2, -0.15) is 0 Å². The van der Waals surface area contributed by atoms with Gasteiger partial charge in [-0.3, -0.25) is 4.57 Å². The van der Waals surface area contributed by atoms with E-state index in [1.54, 1.807) is 0 Å². The molecule has 0 amide bonds. The molecule has 0 saturated carbocycles. The Morgan fingerprint density at radius 1 is 0.483 bits per heavy atom. The zero-order chi connectivity index (χ0) is 39.1. The third kappa shape index (κ3) is 4.32. The summed E-state index contributed by atoms with van der Waals surface area (Å²) in [4.78, 5) is 6.88. The Hall–Kier alpha value is -7.67. The Morgan fingerprint density at radius 3 is 1.82 bits per heavy atom. The first kappa shape index (κ1) is 32.3. The molecule has 14 rings (SSSR count). The standard InChI is InChI=1S/C54H32N4OS/c1-2-14-34(15-3-1)57-42-28-23-31-12-4-6-16-35(31)47(42)40-26-27-41-48-36-17-7-5-13-32(36)24-29-43(48)58(52(41)51(40)57)54-55-49(53-50(56-54)39-19-9-11-21-46(39)60-53)33-22-25-38-37-18-8-10-20-44(37)59-45(38)30-33/h1-30,49H,(H,55,56). The van der Waals surface area contributed by atoms with E-state index in [1.165, 1.54) is 58.2 Å². The van der Waals surface area contributed by atoms with E-state index < -0.39 is 0 Å². The summed E-state index contributed by atoms with van der Waals surface area (Å²) >= 11 is 1.81. The van der Waals surface area contributed by atoms with Crippen molar-refractivity contribution >= 4 is 120 Å². The first-order valence-corrected chi connectivity index (χ1v) is 21.2. The van der Waals surface area contributed by atoms with E-state index in [-0.39, 0.29) is 6.04 Å². The molecule has 1 N–H and O–H groups in total. The Bertz CT molecular complexity index is 3990. The predicted octanol–water partition coefficient (Wildman–Crippen LogP) is 14.5. The van der Waals surface area contributed by atoms with E-state index in [0.29, 0.717) is 0 Å². The van der Waals surface area contributed by atoms with Crippen molar-refractivity contribution in [2.24, 2.45) is 4.99 Å². The van der Waals surface area contributed by atoms with Crippen LogP contribution in [-0.4, -0.2) is 15.1 Å². The molecule has 0 fully saturated rings. The van der Waals surface area contributed by atoms with Crippen molar-refractivity contribution in [3.63, 3.8) is 0 Å². The molecule has 0 bridgehead atoms. The van der Waals surface area contributed by atoms with Crippen LogP contribution in [0.15, 0.2) is 191 Å². The second kappa shape index (κ2) is 11.9. The van der Waals surface area contributed by atoms with Gasteiger partial charge >= 0.3 is 0 Å². The molecule has 1 atom stereocenters. The zero-order valence-corrected chi connectivity index (χ0v) is 32.9. The highest BCUT2D eigenvalue weighted by molar-refractivity contribution is 7.19. The molecular formula is C54H32N4OS. The molecule has 6 heteroatoms. The lowest BCUT2D eigenvalue weighted by molar-refractivity contribution is 0.665. The molecule has 9 aromatic carbocycles. The van der Waals surface area contributed by atoms with Gasteiger partial charge in [-0.1, -0.05) is 140 Å². The highest BCUT2D eigenvalue weighted by Crippen LogP contribution is 2.48. The predicted molar refractivity (Wildman–Crippen MR) is 252 cm³/mol. The van der Waals surface area contributed by atoms with E-state index in [0.717, 1.165) is 66.8 Å². The lowest BCUT2D eigenvalue weighted by Gasteiger charge is -2.27. The molecule has 1 aliphatic heterocycles. The van der Waals surface area contributed by atoms with Gasteiger partial charge in [0.2, 0.25) is 5.96 Å². The summed E-state index contributed by atoms with van der Waals surface area (Å²) in [6.45, 7) is 0. The monoisotopic (exact) mass is 784 g/mol. The average Bonchev–Trinajstić information content (AvgIpc) is 4.06. The number of rotatable bonds is 2. The maximum absolute atomic E-state index is 6.49. The number of aromatic nitrogens is 2. The van der Waals surface area contributed by atoms with Crippen LogP contribution in [0.2, 0.25) is 0 Å². The van der Waals surface area contributed by atoms with Gasteiger partial charge in [0.1, 0.15) is 11.2 Å². The number of nitrogens with one attached hydrogen (secondary N) is 1. The van der Waals surface area contributed by atoms with Crippen LogP contribution in [-0.2, 0) is 0 Å². The van der Waals surface area contributed by atoms with E-state index in [2.05, 4.69) is 184 Å². The second-order valence-electron chi connectivity index (χ2n) is 15.9. The summed E-state index contributed by atoms with van der Waals surface area (Å²) < 4.78 is 12.6. The largest absolute Gasteiger partial charge is 0.456 e. The normalized spacial score (nSPS) is 14.4. The van der Waals surface area contributed by atoms with Crippen LogP contribution >= 0.6 is 11.3 Å². The Morgan fingerprint density at radius 2 is 1.07 bits per heavy atom. The maximum Gasteiger partial charge on any atom is 0.209 e. The highest BCUT2D eigenvalue weighted by Gasteiger charge is 2.32. The third-order valence-corrected chi connectivity index (χ3v) is 14.0. The van der Waals surface area contributed by atoms with Crippen molar-refractivity contribution in [3.05, 3.63) is 192 Å². The van der Waals surface area contributed by atoms with Crippen LogP contribution in [0.5, 0.6) is 0 Å². The maximum atomic E-state index is 6.49. The van der Waals surface area contributed by atoms with Crippen LogP contribution in [0.1, 0.15) is 16.5 Å². The van der Waals surface area contributed by atoms with Crippen LogP contribution in [0.25, 0.3) is 103 Å². The number of furan rings is 1. The van der Waals surface area contributed by atoms with Gasteiger partial charge in [-0.15, -0.1) is 11.3 Å². The van der Waals surface area contributed by atoms with E-state index in [4.69, 9.17) is 9.41 Å². The Labute approximate surface area is 346 Å². The number of aliphatic imine (C=N–C) groups is 1. The minimum atomic E-state index is -0.182. The fraction of sp³-hybridized carbons (Fsp3) is 0.0185. The Kier molecular flexibility index (Phi) is 6.43. The smallest absolute Gasteiger partial charge is 0.209 e. The van der Waals surface area contributed by atoms with Crippen molar-refractivity contribution in [2.45, 2.75) is 6.04 Å². The summed E-state index contributed by atoms with van der Waals surface area (Å²) in [5, 5.41) is 17.2. The van der Waals surface area contributed by atoms with Gasteiger partial charge in [-0.05, 0) is 69.6 Å². The van der Waals surface area contributed by atoms with Gasteiger partial charge in [0, 0.05) is 48.1 Å². The fourth-order valence-electron chi connectivity index (χ4n) is 10.2. The molecule has 0 spiro atoms. The SMILES string of the molecule is c1ccc(-n2c3ccc4ccccc4c3c3ccc4c5c6ccccc6ccc5n(C5=Nc6c(sc7ccccc67)C(c6ccc7c(c6)oc6ccccc67)N5)c4c32)cc1. The van der Waals surface area contributed by atoms with Crippen molar-refractivity contribution in [1.82, 2.24) is 14.5 Å². The van der Waals surface area contributed by atoms with Gasteiger partial charge in [-0.25, -0.2) is 4.99 Å². The Balaban J connectivity index is 1.14. The molecule has 60 heavy (non-hydrogen) atoms. The summed E-state index contributed by atoms with van der Waals surface area (Å²) in [5.74, 6) is 0.790. The summed E-state index contributed by atoms with van der Waals surface area (Å²) in [6, 6.07) is 65.6. The molecule has 1 aliphatic rings. The summed E-state index contributed by atoms with van der Waals surface area (Å²) in [7, 11) is 0. The van der Waals surface area contributed by atoms with E-state index in [1.807, 2.05) is 23.5 Å². The molecule has 0 aliphatic carbocycles. The number of hydrogen-bond donors (Lipinski definition) is 1. The van der Waals surface area contributed by atoms with Gasteiger partial charge in [0.05, 0.1) is 38.7 Å². The van der Waals surface area contributed by atoms with Crippen LogP contribution in [0, 0.1) is 0 Å². The number of thiophene rings is 1. The minimum absolute atomic E-state index is 0.182. The van der Waals surface area contributed by atoms with Crippen molar-refractivity contribution < 1.29 is 4.42 Å². The molecule has 13 aromatic rings. The molecular weight excluding hydrogens is 753 g/mol. The molecule has 0 radical (unpaired) electrons. The first-order valence-electron chi connectivity index (χ1n) is 20.4. The minimum Gasteiger partial charge on any atom is -0.456 e. The van der Waals surface area contributed by atoms with Crippen molar-refractivity contribution in [3.8, 4) is 5.69 Å². The number of para-hydroxylation sites is 2. The number of benzene rings is 9. The number of nitrogens with zero attached hydrogens (tertiary/aromatic N) is 3. The molecule has 5 heterocycles. The fourth-order valence-corrected chi connectivity index (χ4v) is 11.4. The average molecular weight is 785 g/mol. The first-order chi connectivity index (χ1) is 29.8. The molecule has 1 unspecified atom stereocenters. The lowest BCUT2D eigenvalue weighted by Crippen LogP contribution is -2.36. The van der Waals surface area contributed by atoms with Gasteiger partial charge < -0.3 is 14.3 Å². The highest BCUT2D eigenvalue weighted by atomic mass is 32.1. The molecule has 280 valence electrons. The molecule has 5 nitrogen and oxygen atoms in total. The topological polar surface area (TPSA) is 47.4 Å². The molecule has 0 saturated heterocycles. The lowest BCUT2D eigenvalue weighted by atomic mass is 10.0. The summed E-state index contributed by atoms with van der Waals surface area (Å²) in [6.07, 6.45) is 0. The van der Waals surface area contributed by atoms with E-state index >= 15 is 0 Å². The molecule has 4 aromatic heterocycles. The number of fused-ring (bicyclic) bond motifs is 17. The van der Waals surface area contributed by atoms with Crippen molar-refractivity contribution in [2.75, 3.05) is 0 Å². The third-order valence-electron chi connectivity index (χ3n) is 12.7. The summed E-state index contributed by atoms with van der Waals surface area (Å²) in [5.41, 5.74) is 9.57. The van der Waals surface area contributed by atoms with Crippen molar-refractivity contribution in [1.29, 1.82) is 0 Å². The zero-order valence-electron chi connectivity index (χ0n) is 32.1. The quantitative estimate of drug-likeness (QED) is 0.190. The van der Waals surface area contributed by atoms with Crippen LogP contribution in [0.3, 0.4) is 0 Å². The van der Waals surface area contributed by atoms with Gasteiger partial charge in [0.15, 0.2) is 0 Å².